The first kappa shape index (κ1) is 37.4. The number of esters is 1. The maximum absolute atomic E-state index is 12.0. The fourth-order valence-electron chi connectivity index (χ4n) is 5.09. The van der Waals surface area contributed by atoms with Gasteiger partial charge in [-0.15, -0.1) is 0 Å². The third-order valence-corrected chi connectivity index (χ3v) is 7.68. The first-order valence-electron chi connectivity index (χ1n) is 17.1. The van der Waals surface area contributed by atoms with Gasteiger partial charge in [0, 0.05) is 13.0 Å². The molecule has 0 aromatic heterocycles. The first-order chi connectivity index (χ1) is 18.7. The Hall–Kier alpha value is -0.610. The summed E-state index contributed by atoms with van der Waals surface area (Å²) in [5.74, 6) is -0.202. The van der Waals surface area contributed by atoms with E-state index in [0.29, 0.717) is 19.6 Å². The fraction of sp³-hybridized carbons (Fsp3) is 0.971. The maximum atomic E-state index is 12.0. The zero-order valence-electron chi connectivity index (χ0n) is 26.0. The van der Waals surface area contributed by atoms with E-state index in [1.165, 1.54) is 148 Å². The highest BCUT2D eigenvalue weighted by Crippen LogP contribution is 2.15. The molecule has 0 fully saturated rings. The van der Waals surface area contributed by atoms with Gasteiger partial charge in [0.25, 0.3) is 0 Å². The summed E-state index contributed by atoms with van der Waals surface area (Å²) in [7, 11) is 0. The molecule has 0 aliphatic carbocycles. The Morgan fingerprint density at radius 1 is 0.526 bits per heavy atom. The molecule has 0 saturated heterocycles. The monoisotopic (exact) mass is 541 g/mol. The number of carbonyl (C=O) groups excluding carboxylic acids is 1. The zero-order valence-corrected chi connectivity index (χ0v) is 26.0. The number of rotatable bonds is 32. The van der Waals surface area contributed by atoms with Crippen molar-refractivity contribution in [3.05, 3.63) is 0 Å². The van der Waals surface area contributed by atoms with Crippen molar-refractivity contribution < 1.29 is 19.4 Å². The molecule has 0 rings (SSSR count). The SMILES string of the molecule is CCCCCCCCCCCCCCCCCCCCOCC(CO)OC(=O)CCCCCCCCCC. The van der Waals surface area contributed by atoms with Gasteiger partial charge in [-0.05, 0) is 12.8 Å². The van der Waals surface area contributed by atoms with Gasteiger partial charge in [-0.2, -0.15) is 0 Å². The summed E-state index contributed by atoms with van der Waals surface area (Å²) in [4.78, 5) is 12.0. The van der Waals surface area contributed by atoms with E-state index in [4.69, 9.17) is 9.47 Å². The Labute approximate surface area is 238 Å². The molecule has 0 bridgehead atoms. The highest BCUT2D eigenvalue weighted by Gasteiger charge is 2.13. The quantitative estimate of drug-likeness (QED) is 0.0681. The number of hydrogen-bond acceptors (Lipinski definition) is 4. The van der Waals surface area contributed by atoms with Gasteiger partial charge in [0.15, 0.2) is 0 Å². The highest BCUT2D eigenvalue weighted by molar-refractivity contribution is 5.69. The predicted molar refractivity (Wildman–Crippen MR) is 164 cm³/mol. The Morgan fingerprint density at radius 3 is 1.24 bits per heavy atom. The van der Waals surface area contributed by atoms with Crippen molar-refractivity contribution in [2.75, 3.05) is 19.8 Å². The van der Waals surface area contributed by atoms with Gasteiger partial charge >= 0.3 is 5.97 Å². The summed E-state index contributed by atoms with van der Waals surface area (Å²) >= 11 is 0. The Kier molecular flexibility index (Phi) is 32.1. The number of carbonyl (C=O) groups is 1. The van der Waals surface area contributed by atoms with E-state index >= 15 is 0 Å². The van der Waals surface area contributed by atoms with Crippen LogP contribution in [0.5, 0.6) is 0 Å². The lowest BCUT2D eigenvalue weighted by atomic mass is 10.0. The van der Waals surface area contributed by atoms with Crippen LogP contribution in [0.1, 0.15) is 187 Å². The zero-order chi connectivity index (χ0) is 27.8. The highest BCUT2D eigenvalue weighted by atomic mass is 16.6. The second kappa shape index (κ2) is 32.6. The molecule has 228 valence electrons. The Balaban J connectivity index is 3.34. The molecule has 0 heterocycles. The minimum absolute atomic E-state index is 0.164. The van der Waals surface area contributed by atoms with Crippen LogP contribution in [-0.2, 0) is 14.3 Å². The van der Waals surface area contributed by atoms with Crippen molar-refractivity contribution in [1.82, 2.24) is 0 Å². The van der Waals surface area contributed by atoms with Gasteiger partial charge in [-0.25, -0.2) is 0 Å². The van der Waals surface area contributed by atoms with Crippen LogP contribution in [0.2, 0.25) is 0 Å². The van der Waals surface area contributed by atoms with E-state index in [9.17, 15) is 9.90 Å². The van der Waals surface area contributed by atoms with Crippen molar-refractivity contribution >= 4 is 5.97 Å². The van der Waals surface area contributed by atoms with E-state index in [-0.39, 0.29) is 12.6 Å². The number of unbranched alkanes of at least 4 members (excludes halogenated alkanes) is 24. The van der Waals surface area contributed by atoms with Crippen molar-refractivity contribution in [3.8, 4) is 0 Å². The lowest BCUT2D eigenvalue weighted by Gasteiger charge is -2.16. The lowest BCUT2D eigenvalue weighted by Crippen LogP contribution is -2.27. The average Bonchev–Trinajstić information content (AvgIpc) is 2.92. The molecule has 0 radical (unpaired) electrons. The summed E-state index contributed by atoms with van der Waals surface area (Å²) in [5.41, 5.74) is 0. The molecule has 0 aromatic carbocycles. The fourth-order valence-corrected chi connectivity index (χ4v) is 5.09. The van der Waals surface area contributed by atoms with Crippen molar-refractivity contribution in [2.45, 2.75) is 193 Å². The van der Waals surface area contributed by atoms with Crippen molar-refractivity contribution in [1.29, 1.82) is 0 Å². The minimum Gasteiger partial charge on any atom is -0.457 e. The number of aliphatic hydroxyl groups excluding tert-OH is 1. The van der Waals surface area contributed by atoms with Crippen LogP contribution in [0.15, 0.2) is 0 Å². The standard InChI is InChI=1S/C34H68O4/c1-3-5-7-9-11-13-14-15-16-17-18-19-20-21-22-24-26-28-30-37-32-33(31-35)38-34(36)29-27-25-23-12-10-8-6-4-2/h33,35H,3-32H2,1-2H3. The first-order valence-corrected chi connectivity index (χ1v) is 17.1. The van der Waals surface area contributed by atoms with Crippen LogP contribution in [-0.4, -0.2) is 37.0 Å². The molecule has 1 N–H and O–H groups in total. The van der Waals surface area contributed by atoms with Crippen molar-refractivity contribution in [2.24, 2.45) is 0 Å². The second-order valence-corrected chi connectivity index (χ2v) is 11.6. The van der Waals surface area contributed by atoms with Gasteiger partial charge in [0.05, 0.1) is 13.2 Å². The van der Waals surface area contributed by atoms with Gasteiger partial charge < -0.3 is 14.6 Å². The molecule has 0 spiro atoms. The molecule has 0 aliphatic rings. The predicted octanol–water partition coefficient (Wildman–Crippen LogP) is 10.5. The third-order valence-electron chi connectivity index (χ3n) is 7.68. The van der Waals surface area contributed by atoms with Gasteiger partial charge in [0.2, 0.25) is 0 Å². The van der Waals surface area contributed by atoms with Gasteiger partial charge in [-0.3, -0.25) is 4.79 Å². The van der Waals surface area contributed by atoms with E-state index < -0.39 is 6.10 Å². The van der Waals surface area contributed by atoms with Crippen LogP contribution >= 0.6 is 0 Å². The van der Waals surface area contributed by atoms with E-state index in [1.807, 2.05) is 0 Å². The van der Waals surface area contributed by atoms with Gasteiger partial charge in [0.1, 0.15) is 6.10 Å². The molecule has 0 saturated carbocycles. The minimum atomic E-state index is -0.521. The molecule has 1 unspecified atom stereocenters. The summed E-state index contributed by atoms with van der Waals surface area (Å²) in [5, 5.41) is 9.49. The van der Waals surface area contributed by atoms with E-state index in [2.05, 4.69) is 13.8 Å². The summed E-state index contributed by atoms with van der Waals surface area (Å²) < 4.78 is 11.1. The van der Waals surface area contributed by atoms with E-state index in [0.717, 1.165) is 19.3 Å². The number of aliphatic hydroxyl groups is 1. The second-order valence-electron chi connectivity index (χ2n) is 11.6. The Morgan fingerprint density at radius 2 is 0.868 bits per heavy atom. The maximum Gasteiger partial charge on any atom is 0.306 e. The van der Waals surface area contributed by atoms with Crippen LogP contribution in [0.4, 0.5) is 0 Å². The summed E-state index contributed by atoms with van der Waals surface area (Å²) in [6, 6.07) is 0. The number of ether oxygens (including phenoxy) is 2. The molecular formula is C34H68O4. The molecule has 38 heavy (non-hydrogen) atoms. The van der Waals surface area contributed by atoms with Gasteiger partial charge in [-0.1, -0.05) is 168 Å². The topological polar surface area (TPSA) is 55.8 Å². The van der Waals surface area contributed by atoms with Crippen LogP contribution < -0.4 is 0 Å². The Bertz CT molecular complexity index is 454. The molecule has 0 aromatic rings. The lowest BCUT2D eigenvalue weighted by molar-refractivity contribution is -0.154. The van der Waals surface area contributed by atoms with Crippen molar-refractivity contribution in [3.63, 3.8) is 0 Å². The summed E-state index contributed by atoms with van der Waals surface area (Å²) in [6.45, 7) is 5.35. The molecule has 4 nitrogen and oxygen atoms in total. The summed E-state index contributed by atoms with van der Waals surface area (Å²) in [6.07, 6.45) is 34.3. The van der Waals surface area contributed by atoms with Crippen LogP contribution in [0.3, 0.4) is 0 Å². The molecular weight excluding hydrogens is 472 g/mol. The smallest absolute Gasteiger partial charge is 0.306 e. The largest absolute Gasteiger partial charge is 0.457 e. The molecule has 1 atom stereocenters. The van der Waals surface area contributed by atoms with Crippen LogP contribution in [0.25, 0.3) is 0 Å². The van der Waals surface area contributed by atoms with Crippen LogP contribution in [0, 0.1) is 0 Å². The molecule has 4 heteroatoms. The molecule has 0 amide bonds. The molecule has 0 aliphatic heterocycles. The average molecular weight is 541 g/mol. The number of hydrogen-bond donors (Lipinski definition) is 1. The normalized spacial score (nSPS) is 12.2. The van der Waals surface area contributed by atoms with E-state index in [1.54, 1.807) is 0 Å². The third kappa shape index (κ3) is 29.9.